The highest BCUT2D eigenvalue weighted by Crippen LogP contribution is 2.25. The number of rotatable bonds is 6. The maximum atomic E-state index is 13.4. The zero-order valence-corrected chi connectivity index (χ0v) is 11.9. The molecule has 0 aromatic heterocycles. The van der Waals surface area contributed by atoms with Gasteiger partial charge < -0.3 is 15.7 Å². The number of nitrogens with one attached hydrogen (secondary N) is 2. The van der Waals surface area contributed by atoms with Gasteiger partial charge in [-0.15, -0.1) is 0 Å². The van der Waals surface area contributed by atoms with Crippen LogP contribution in [-0.2, 0) is 4.79 Å². The van der Waals surface area contributed by atoms with Crippen LogP contribution in [0, 0.1) is 17.0 Å². The molecule has 0 aliphatic carbocycles. The highest BCUT2D eigenvalue weighted by atomic mass is 19.1. The molecule has 116 valence electrons. The Morgan fingerprint density at radius 1 is 1.19 bits per heavy atom. The molecule has 5 nitrogen and oxygen atoms in total. The minimum absolute atomic E-state index is 0.128. The van der Waals surface area contributed by atoms with Gasteiger partial charge in [0.15, 0.2) is 0 Å². The molecule has 21 heavy (non-hydrogen) atoms. The van der Waals surface area contributed by atoms with Crippen molar-refractivity contribution in [2.24, 2.45) is 5.41 Å². The molecule has 0 saturated heterocycles. The SMILES string of the molecule is CCC(CC)(CNC(=O)Nc1c(F)cccc1F)C(=O)O. The fourth-order valence-corrected chi connectivity index (χ4v) is 1.90. The first-order chi connectivity index (χ1) is 9.86. The van der Waals surface area contributed by atoms with Crippen molar-refractivity contribution < 1.29 is 23.5 Å². The highest BCUT2D eigenvalue weighted by Gasteiger charge is 2.35. The monoisotopic (exact) mass is 300 g/mol. The first-order valence-electron chi connectivity index (χ1n) is 6.58. The van der Waals surface area contributed by atoms with Crippen LogP contribution in [0.1, 0.15) is 26.7 Å². The quantitative estimate of drug-likeness (QED) is 0.755. The van der Waals surface area contributed by atoms with Gasteiger partial charge in [-0.2, -0.15) is 0 Å². The normalized spacial score (nSPS) is 11.0. The van der Waals surface area contributed by atoms with E-state index in [0.717, 1.165) is 12.1 Å². The third-order valence-corrected chi connectivity index (χ3v) is 3.60. The van der Waals surface area contributed by atoms with E-state index in [1.807, 2.05) is 5.32 Å². The summed E-state index contributed by atoms with van der Waals surface area (Å²) < 4.78 is 26.7. The van der Waals surface area contributed by atoms with Gasteiger partial charge in [-0.25, -0.2) is 13.6 Å². The molecule has 0 radical (unpaired) electrons. The van der Waals surface area contributed by atoms with Crippen LogP contribution in [0.5, 0.6) is 0 Å². The number of amides is 2. The molecule has 1 aromatic rings. The number of halogens is 2. The van der Waals surface area contributed by atoms with Crippen LogP contribution in [0.3, 0.4) is 0 Å². The van der Waals surface area contributed by atoms with E-state index in [4.69, 9.17) is 0 Å². The van der Waals surface area contributed by atoms with Gasteiger partial charge in [0.05, 0.1) is 5.41 Å². The molecular weight excluding hydrogens is 282 g/mol. The van der Waals surface area contributed by atoms with Crippen molar-refractivity contribution in [3.8, 4) is 0 Å². The van der Waals surface area contributed by atoms with E-state index in [9.17, 15) is 23.5 Å². The van der Waals surface area contributed by atoms with Crippen LogP contribution < -0.4 is 10.6 Å². The number of carboxylic acid groups (broad SMARTS) is 1. The summed E-state index contributed by atoms with van der Waals surface area (Å²) in [5, 5.41) is 13.6. The number of carbonyl (C=O) groups excluding carboxylic acids is 1. The number of hydrogen-bond donors (Lipinski definition) is 3. The second-order valence-corrected chi connectivity index (χ2v) is 4.70. The average molecular weight is 300 g/mol. The lowest BCUT2D eigenvalue weighted by molar-refractivity contribution is -0.149. The van der Waals surface area contributed by atoms with Gasteiger partial charge in [0.1, 0.15) is 17.3 Å². The summed E-state index contributed by atoms with van der Waals surface area (Å²) in [5.74, 6) is -2.83. The number of carboxylic acids is 1. The molecule has 7 heteroatoms. The third kappa shape index (κ3) is 3.90. The van der Waals surface area contributed by atoms with Crippen molar-refractivity contribution in [2.75, 3.05) is 11.9 Å². The van der Waals surface area contributed by atoms with E-state index in [1.54, 1.807) is 13.8 Å². The minimum atomic E-state index is -1.09. The molecule has 2 amide bonds. The van der Waals surface area contributed by atoms with Crippen LogP contribution in [0.25, 0.3) is 0 Å². The summed E-state index contributed by atoms with van der Waals surface area (Å²) in [7, 11) is 0. The first kappa shape index (κ1) is 16.9. The smallest absolute Gasteiger partial charge is 0.319 e. The summed E-state index contributed by atoms with van der Waals surface area (Å²) in [6.45, 7) is 3.28. The van der Waals surface area contributed by atoms with E-state index >= 15 is 0 Å². The molecule has 3 N–H and O–H groups in total. The fraction of sp³-hybridized carbons (Fsp3) is 0.429. The maximum absolute atomic E-state index is 13.4. The lowest BCUT2D eigenvalue weighted by atomic mass is 9.82. The number of benzene rings is 1. The zero-order chi connectivity index (χ0) is 16.0. The van der Waals surface area contributed by atoms with Gasteiger partial charge in [-0.05, 0) is 25.0 Å². The van der Waals surface area contributed by atoms with Crippen molar-refractivity contribution in [1.29, 1.82) is 0 Å². The van der Waals surface area contributed by atoms with E-state index in [-0.39, 0.29) is 6.54 Å². The predicted octanol–water partition coefficient (Wildman–Crippen LogP) is 2.98. The number of carbonyl (C=O) groups is 2. The molecule has 0 unspecified atom stereocenters. The molecule has 1 aromatic carbocycles. The number of anilines is 1. The molecule has 1 rings (SSSR count). The summed E-state index contributed by atoms with van der Waals surface area (Å²) >= 11 is 0. The van der Waals surface area contributed by atoms with Crippen molar-refractivity contribution >= 4 is 17.7 Å². The lowest BCUT2D eigenvalue weighted by Crippen LogP contribution is -2.43. The molecule has 0 atom stereocenters. The van der Waals surface area contributed by atoms with Crippen molar-refractivity contribution in [3.63, 3.8) is 0 Å². The zero-order valence-electron chi connectivity index (χ0n) is 11.9. The molecule has 0 fully saturated rings. The number of hydrogen-bond acceptors (Lipinski definition) is 2. The molecule has 0 heterocycles. The van der Waals surface area contributed by atoms with Crippen LogP contribution in [0.2, 0.25) is 0 Å². The van der Waals surface area contributed by atoms with Gasteiger partial charge in [-0.1, -0.05) is 19.9 Å². The Morgan fingerprint density at radius 3 is 2.14 bits per heavy atom. The Balaban J connectivity index is 2.72. The van der Waals surface area contributed by atoms with E-state index in [1.165, 1.54) is 6.07 Å². The third-order valence-electron chi connectivity index (χ3n) is 3.60. The molecule has 0 aliphatic heterocycles. The largest absolute Gasteiger partial charge is 0.481 e. The standard InChI is InChI=1S/C14H18F2N2O3/c1-3-14(4-2,12(19)20)8-17-13(21)18-11-9(15)6-5-7-10(11)16/h5-7H,3-4,8H2,1-2H3,(H,19,20)(H2,17,18,21). The van der Waals surface area contributed by atoms with E-state index < -0.39 is 34.7 Å². The maximum Gasteiger partial charge on any atom is 0.319 e. The Morgan fingerprint density at radius 2 is 1.71 bits per heavy atom. The highest BCUT2D eigenvalue weighted by molar-refractivity contribution is 5.90. The summed E-state index contributed by atoms with van der Waals surface area (Å²) in [5.41, 5.74) is -1.66. The van der Waals surface area contributed by atoms with Gasteiger partial charge >= 0.3 is 12.0 Å². The van der Waals surface area contributed by atoms with Crippen LogP contribution >= 0.6 is 0 Å². The summed E-state index contributed by atoms with van der Waals surface area (Å²) in [4.78, 5) is 22.9. The number of urea groups is 1. The van der Waals surface area contributed by atoms with Gasteiger partial charge in [0.2, 0.25) is 0 Å². The molecule has 0 aliphatic rings. The topological polar surface area (TPSA) is 78.4 Å². The molecule has 0 bridgehead atoms. The van der Waals surface area contributed by atoms with E-state index in [0.29, 0.717) is 12.8 Å². The minimum Gasteiger partial charge on any atom is -0.481 e. The predicted molar refractivity (Wildman–Crippen MR) is 74.0 cm³/mol. The second kappa shape index (κ2) is 7.01. The fourth-order valence-electron chi connectivity index (χ4n) is 1.90. The molecule has 0 saturated carbocycles. The van der Waals surface area contributed by atoms with Crippen LogP contribution in [-0.4, -0.2) is 23.7 Å². The van der Waals surface area contributed by atoms with E-state index in [2.05, 4.69) is 5.32 Å². The second-order valence-electron chi connectivity index (χ2n) is 4.70. The Hall–Kier alpha value is -2.18. The van der Waals surface area contributed by atoms with Crippen molar-refractivity contribution in [3.05, 3.63) is 29.8 Å². The van der Waals surface area contributed by atoms with Crippen molar-refractivity contribution in [1.82, 2.24) is 5.32 Å². The summed E-state index contributed by atoms with van der Waals surface area (Å²) in [6, 6.07) is 2.35. The average Bonchev–Trinajstić information content (AvgIpc) is 2.44. The Kier molecular flexibility index (Phi) is 5.63. The van der Waals surface area contributed by atoms with Gasteiger partial charge in [0.25, 0.3) is 0 Å². The first-order valence-corrected chi connectivity index (χ1v) is 6.58. The Bertz CT molecular complexity index is 511. The molecule has 0 spiro atoms. The number of aliphatic carboxylic acids is 1. The Labute approximate surface area is 121 Å². The molecular formula is C14H18F2N2O3. The van der Waals surface area contributed by atoms with Crippen molar-refractivity contribution in [2.45, 2.75) is 26.7 Å². The van der Waals surface area contributed by atoms with Crippen LogP contribution in [0.4, 0.5) is 19.3 Å². The lowest BCUT2D eigenvalue weighted by Gasteiger charge is -2.26. The van der Waals surface area contributed by atoms with Crippen LogP contribution in [0.15, 0.2) is 18.2 Å². The van der Waals surface area contributed by atoms with Gasteiger partial charge in [0, 0.05) is 6.54 Å². The summed E-state index contributed by atoms with van der Waals surface area (Å²) in [6.07, 6.45) is 0.653. The van der Waals surface area contributed by atoms with Gasteiger partial charge in [-0.3, -0.25) is 4.79 Å². The number of para-hydroxylation sites is 1.